The van der Waals surface area contributed by atoms with E-state index < -0.39 is 0 Å². The van der Waals surface area contributed by atoms with Crippen LogP contribution >= 0.6 is 11.6 Å². The lowest BCUT2D eigenvalue weighted by atomic mass is 10.1. The van der Waals surface area contributed by atoms with Gasteiger partial charge in [-0.05, 0) is 24.3 Å². The topological polar surface area (TPSA) is 85.2 Å². The van der Waals surface area contributed by atoms with E-state index in [1.54, 1.807) is 17.0 Å². The molecule has 19 heavy (non-hydrogen) atoms. The van der Waals surface area contributed by atoms with Crippen molar-refractivity contribution in [2.75, 3.05) is 17.2 Å². The lowest BCUT2D eigenvalue weighted by Crippen LogP contribution is -2.24. The summed E-state index contributed by atoms with van der Waals surface area (Å²) < 4.78 is 5.17. The van der Waals surface area contributed by atoms with Gasteiger partial charge < -0.3 is 15.1 Å². The summed E-state index contributed by atoms with van der Waals surface area (Å²) in [5.41, 5.74) is 6.20. The minimum Gasteiger partial charge on any atom is -0.408 e. The molecular weight excluding hydrogens is 268 g/mol. The predicted octanol–water partition coefficient (Wildman–Crippen LogP) is 1.83. The van der Waals surface area contributed by atoms with Gasteiger partial charge in [0.25, 0.3) is 0 Å². The molecule has 1 atom stereocenters. The quantitative estimate of drug-likeness (QED) is 0.906. The van der Waals surface area contributed by atoms with E-state index in [-0.39, 0.29) is 17.8 Å². The molecule has 6 nitrogen and oxygen atoms in total. The van der Waals surface area contributed by atoms with Crippen molar-refractivity contribution >= 4 is 29.2 Å². The van der Waals surface area contributed by atoms with Gasteiger partial charge in [0, 0.05) is 23.7 Å². The lowest BCUT2D eigenvalue weighted by molar-refractivity contribution is -0.117. The van der Waals surface area contributed by atoms with Gasteiger partial charge in [-0.15, -0.1) is 5.10 Å². The van der Waals surface area contributed by atoms with Crippen molar-refractivity contribution in [1.82, 2.24) is 10.2 Å². The van der Waals surface area contributed by atoms with Crippen LogP contribution in [-0.2, 0) is 4.79 Å². The van der Waals surface area contributed by atoms with Gasteiger partial charge in [-0.25, -0.2) is 0 Å². The molecule has 1 amide bonds. The standard InChI is InChI=1S/C12H11ClN4O2/c13-8-1-3-9(4-2-8)17-6-7(5-10(17)18)11-15-16-12(14)19-11/h1-4,7H,5-6H2,(H2,14,16)/t7-/m1/s1. The Morgan fingerprint density at radius 2 is 2.05 bits per heavy atom. The number of benzene rings is 1. The van der Waals surface area contributed by atoms with Crippen molar-refractivity contribution in [1.29, 1.82) is 0 Å². The number of rotatable bonds is 2. The fourth-order valence-electron chi connectivity index (χ4n) is 2.16. The molecule has 0 spiro atoms. The van der Waals surface area contributed by atoms with Crippen molar-refractivity contribution in [3.05, 3.63) is 35.2 Å². The van der Waals surface area contributed by atoms with Gasteiger partial charge in [0.2, 0.25) is 11.8 Å². The number of halogens is 1. The van der Waals surface area contributed by atoms with E-state index in [9.17, 15) is 4.79 Å². The molecule has 2 aromatic rings. The van der Waals surface area contributed by atoms with Crippen LogP contribution in [0.15, 0.2) is 28.7 Å². The lowest BCUT2D eigenvalue weighted by Gasteiger charge is -2.15. The van der Waals surface area contributed by atoms with Crippen LogP contribution in [0.5, 0.6) is 0 Å². The van der Waals surface area contributed by atoms with Gasteiger partial charge in [0.15, 0.2) is 0 Å². The number of hydrogen-bond donors (Lipinski definition) is 1. The molecule has 1 saturated heterocycles. The maximum atomic E-state index is 12.0. The van der Waals surface area contributed by atoms with Gasteiger partial charge in [-0.2, -0.15) is 0 Å². The summed E-state index contributed by atoms with van der Waals surface area (Å²) in [4.78, 5) is 13.7. The summed E-state index contributed by atoms with van der Waals surface area (Å²) >= 11 is 5.83. The molecule has 1 aliphatic heterocycles. The second-order valence-electron chi connectivity index (χ2n) is 4.36. The summed E-state index contributed by atoms with van der Waals surface area (Å²) in [5, 5.41) is 8.08. The number of nitrogens with two attached hydrogens (primary N) is 1. The van der Waals surface area contributed by atoms with Crippen molar-refractivity contribution in [3.8, 4) is 0 Å². The molecular formula is C12H11ClN4O2. The van der Waals surface area contributed by atoms with Crippen molar-refractivity contribution < 1.29 is 9.21 Å². The van der Waals surface area contributed by atoms with Crippen LogP contribution in [0, 0.1) is 0 Å². The summed E-state index contributed by atoms with van der Waals surface area (Å²) in [6.45, 7) is 0.502. The molecule has 0 unspecified atom stereocenters. The molecule has 2 heterocycles. The minimum absolute atomic E-state index is 0.0177. The maximum absolute atomic E-state index is 12.0. The number of anilines is 2. The molecule has 2 N–H and O–H groups in total. The fourth-order valence-corrected chi connectivity index (χ4v) is 2.28. The first-order valence-electron chi connectivity index (χ1n) is 5.78. The number of carbonyl (C=O) groups is 1. The van der Waals surface area contributed by atoms with Crippen LogP contribution in [0.25, 0.3) is 0 Å². The smallest absolute Gasteiger partial charge is 0.312 e. The Balaban J connectivity index is 1.82. The summed E-state index contributed by atoms with van der Waals surface area (Å²) in [6.07, 6.45) is 0.338. The molecule has 1 fully saturated rings. The zero-order chi connectivity index (χ0) is 13.4. The molecule has 1 aromatic heterocycles. The van der Waals surface area contributed by atoms with E-state index in [2.05, 4.69) is 10.2 Å². The molecule has 3 rings (SSSR count). The van der Waals surface area contributed by atoms with Crippen LogP contribution in [0.2, 0.25) is 5.02 Å². The zero-order valence-electron chi connectivity index (χ0n) is 9.91. The Kier molecular flexibility index (Phi) is 2.87. The average molecular weight is 279 g/mol. The third-order valence-electron chi connectivity index (χ3n) is 3.07. The molecule has 0 saturated carbocycles. The number of nitrogen functional groups attached to an aromatic ring is 1. The Morgan fingerprint density at radius 3 is 2.68 bits per heavy atom. The Bertz CT molecular complexity index is 610. The van der Waals surface area contributed by atoms with Crippen LogP contribution in [0.4, 0.5) is 11.7 Å². The number of nitrogens with zero attached hydrogens (tertiary/aromatic N) is 3. The maximum Gasteiger partial charge on any atom is 0.312 e. The highest BCUT2D eigenvalue weighted by molar-refractivity contribution is 6.30. The molecule has 0 radical (unpaired) electrons. The number of carbonyl (C=O) groups excluding carboxylic acids is 1. The van der Waals surface area contributed by atoms with Gasteiger partial charge >= 0.3 is 6.01 Å². The number of aromatic nitrogens is 2. The molecule has 1 aromatic carbocycles. The highest BCUT2D eigenvalue weighted by atomic mass is 35.5. The second-order valence-corrected chi connectivity index (χ2v) is 4.80. The van der Waals surface area contributed by atoms with Crippen LogP contribution in [0.3, 0.4) is 0 Å². The second kappa shape index (κ2) is 4.55. The van der Waals surface area contributed by atoms with Crippen molar-refractivity contribution in [3.63, 3.8) is 0 Å². The highest BCUT2D eigenvalue weighted by Crippen LogP contribution is 2.31. The Labute approximate surface area is 114 Å². The first kappa shape index (κ1) is 12.0. The normalized spacial score (nSPS) is 19.1. The SMILES string of the molecule is Nc1nnc([C@@H]2CC(=O)N(c3ccc(Cl)cc3)C2)o1. The molecule has 7 heteroatoms. The van der Waals surface area contributed by atoms with Crippen LogP contribution in [0.1, 0.15) is 18.2 Å². The predicted molar refractivity (Wildman–Crippen MR) is 69.9 cm³/mol. The van der Waals surface area contributed by atoms with Crippen LogP contribution in [-0.4, -0.2) is 22.6 Å². The molecule has 0 aliphatic carbocycles. The van der Waals surface area contributed by atoms with E-state index in [4.69, 9.17) is 21.8 Å². The third-order valence-corrected chi connectivity index (χ3v) is 3.32. The first-order valence-corrected chi connectivity index (χ1v) is 6.16. The molecule has 98 valence electrons. The Hall–Kier alpha value is -2.08. The highest BCUT2D eigenvalue weighted by Gasteiger charge is 2.34. The summed E-state index contributed by atoms with van der Waals surface area (Å²) in [5.74, 6) is 0.305. The van der Waals surface area contributed by atoms with Crippen molar-refractivity contribution in [2.45, 2.75) is 12.3 Å². The molecule has 1 aliphatic rings. The van der Waals surface area contributed by atoms with Gasteiger partial charge in [-0.1, -0.05) is 16.7 Å². The Morgan fingerprint density at radius 1 is 1.32 bits per heavy atom. The zero-order valence-corrected chi connectivity index (χ0v) is 10.7. The van der Waals surface area contributed by atoms with E-state index in [0.29, 0.717) is 23.9 Å². The third kappa shape index (κ3) is 2.26. The summed E-state index contributed by atoms with van der Waals surface area (Å²) in [6, 6.07) is 7.15. The van der Waals surface area contributed by atoms with E-state index in [1.165, 1.54) is 0 Å². The fraction of sp³-hybridized carbons (Fsp3) is 0.250. The number of amides is 1. The first-order chi connectivity index (χ1) is 9.13. The largest absolute Gasteiger partial charge is 0.408 e. The minimum atomic E-state index is -0.118. The molecule has 0 bridgehead atoms. The van der Waals surface area contributed by atoms with E-state index >= 15 is 0 Å². The van der Waals surface area contributed by atoms with Gasteiger partial charge in [-0.3, -0.25) is 4.79 Å². The van der Waals surface area contributed by atoms with Crippen molar-refractivity contribution in [2.24, 2.45) is 0 Å². The monoisotopic (exact) mass is 278 g/mol. The average Bonchev–Trinajstić information content (AvgIpc) is 2.97. The van der Waals surface area contributed by atoms with Gasteiger partial charge in [0.05, 0.1) is 5.92 Å². The summed E-state index contributed by atoms with van der Waals surface area (Å²) in [7, 11) is 0. The van der Waals surface area contributed by atoms with Crippen LogP contribution < -0.4 is 10.6 Å². The number of hydrogen-bond acceptors (Lipinski definition) is 5. The van der Waals surface area contributed by atoms with E-state index in [1.807, 2.05) is 12.1 Å². The van der Waals surface area contributed by atoms with Gasteiger partial charge in [0.1, 0.15) is 0 Å². The van der Waals surface area contributed by atoms with E-state index in [0.717, 1.165) is 5.69 Å².